The Morgan fingerprint density at radius 3 is 2.04 bits per heavy atom. The first-order valence-electron chi connectivity index (χ1n) is 6.48. The quantitative estimate of drug-likeness (QED) is 0.495. The number of aromatic nitrogens is 2. The zero-order valence-corrected chi connectivity index (χ0v) is 14.3. The minimum Gasteiger partial charge on any atom is -0.822 e. The van der Waals surface area contributed by atoms with Gasteiger partial charge in [0.05, 0.1) is 20.4 Å². The van der Waals surface area contributed by atoms with Gasteiger partial charge in [0.2, 0.25) is 0 Å². The van der Waals surface area contributed by atoms with Crippen LogP contribution in [0.25, 0.3) is 30.4 Å². The molecule has 1 N–H and O–H groups in total. The zero-order valence-electron chi connectivity index (χ0n) is 11.8. The molecule has 7 nitrogen and oxygen atoms in total. The van der Waals surface area contributed by atoms with Gasteiger partial charge < -0.3 is 24.4 Å². The number of thiazole rings is 2. The molecule has 2 heterocycles. The van der Waals surface area contributed by atoms with E-state index in [2.05, 4.69) is 16.0 Å². The predicted octanol–water partition coefficient (Wildman–Crippen LogP) is 1.45. The third-order valence-electron chi connectivity index (χ3n) is 2.85. The van der Waals surface area contributed by atoms with Crippen molar-refractivity contribution in [1.29, 1.82) is 0 Å². The van der Waals surface area contributed by atoms with E-state index in [0.717, 1.165) is 25.7 Å². The van der Waals surface area contributed by atoms with Crippen LogP contribution in [0.15, 0.2) is 42.5 Å². The number of aromatic hydroxyl groups is 1. The Balaban J connectivity index is 0.000000300. The molecule has 0 bridgehead atoms. The number of fused-ring (bicyclic) bond motifs is 2. The van der Waals surface area contributed by atoms with Crippen molar-refractivity contribution in [3.63, 3.8) is 0 Å². The van der Waals surface area contributed by atoms with E-state index in [0.29, 0.717) is 0 Å². The highest BCUT2D eigenvalue weighted by molar-refractivity contribution is 7.40. The van der Waals surface area contributed by atoms with Crippen molar-refractivity contribution >= 4 is 50.9 Å². The largest absolute Gasteiger partial charge is 0.822 e. The fourth-order valence-corrected chi connectivity index (χ4v) is 3.95. The summed E-state index contributed by atoms with van der Waals surface area (Å²) in [6.45, 7) is 0. The van der Waals surface area contributed by atoms with Crippen LogP contribution in [-0.4, -0.2) is 15.1 Å². The van der Waals surface area contributed by atoms with Crippen molar-refractivity contribution in [3.8, 4) is 15.8 Å². The van der Waals surface area contributed by atoms with Gasteiger partial charge in [0, 0.05) is 0 Å². The third-order valence-corrected chi connectivity index (χ3v) is 5.05. The number of hydrogen-bond donors (Lipinski definition) is 1. The van der Waals surface area contributed by atoms with Crippen LogP contribution in [0.5, 0.6) is 5.75 Å². The molecule has 0 aliphatic rings. The monoisotopic (exact) mass is 379 g/mol. The van der Waals surface area contributed by atoms with Gasteiger partial charge in [0.1, 0.15) is 5.75 Å². The lowest BCUT2D eigenvalue weighted by molar-refractivity contribution is -0.432. The van der Waals surface area contributed by atoms with Gasteiger partial charge in [-0.3, -0.25) is 0 Å². The topological polar surface area (TPSA) is 132 Å². The summed E-state index contributed by atoms with van der Waals surface area (Å²) >= 11 is 3.20. The predicted molar refractivity (Wildman–Crippen MR) is 87.5 cm³/mol. The molecule has 0 unspecified atom stereocenters. The van der Waals surface area contributed by atoms with Crippen LogP contribution in [-0.2, 0) is 4.57 Å². The number of phenolic OH excluding ortho intramolecular Hbond substituents is 1. The van der Waals surface area contributed by atoms with Gasteiger partial charge in [0.25, 0.3) is 0 Å². The Morgan fingerprint density at radius 1 is 0.875 bits per heavy atom. The number of phosphoric acid groups is 1. The zero-order chi connectivity index (χ0) is 17.3. The number of benzene rings is 2. The maximum atomic E-state index is 9.49. The SMILES string of the molecule is O=P([O-])([O-])[O-].Oc1ccc2nc(-c3nc4ccccc4s3)sc2c1. The standard InChI is InChI=1S/C14H8N2OS2.H3O4P/c17-8-5-6-10-12(7-8)19-14(16-10)13-15-9-3-1-2-4-11(9)18-13;1-5(2,3)4/h1-7,17H;(H3,1,2,3,4)/p-3. The van der Waals surface area contributed by atoms with E-state index in [9.17, 15) is 5.11 Å². The number of para-hydroxylation sites is 1. The van der Waals surface area contributed by atoms with E-state index in [1.165, 1.54) is 4.70 Å². The summed E-state index contributed by atoms with van der Waals surface area (Å²) in [5.74, 6) is 0.270. The Morgan fingerprint density at radius 2 is 1.42 bits per heavy atom. The Kier molecular flexibility index (Phi) is 4.64. The maximum absolute atomic E-state index is 9.49. The van der Waals surface area contributed by atoms with E-state index in [1.54, 1.807) is 34.8 Å². The minimum absolute atomic E-state index is 0.270. The van der Waals surface area contributed by atoms with Gasteiger partial charge in [-0.1, -0.05) is 12.1 Å². The first kappa shape index (κ1) is 17.0. The van der Waals surface area contributed by atoms with Crippen molar-refractivity contribution < 1.29 is 24.4 Å². The molecule has 4 aromatic rings. The van der Waals surface area contributed by atoms with Crippen LogP contribution in [0.1, 0.15) is 0 Å². The second-order valence-electron chi connectivity index (χ2n) is 4.61. The highest BCUT2D eigenvalue weighted by atomic mass is 32.1. The molecule has 124 valence electrons. The fourth-order valence-electron chi connectivity index (χ4n) is 1.97. The van der Waals surface area contributed by atoms with Crippen molar-refractivity contribution in [2.45, 2.75) is 0 Å². The summed E-state index contributed by atoms with van der Waals surface area (Å²) in [5, 5.41) is 11.3. The van der Waals surface area contributed by atoms with Crippen LogP contribution in [0.2, 0.25) is 0 Å². The van der Waals surface area contributed by atoms with E-state index in [4.69, 9.17) is 19.2 Å². The van der Waals surface area contributed by atoms with Gasteiger partial charge in [-0.05, 0) is 30.3 Å². The smallest absolute Gasteiger partial charge is 0.153 e. The second kappa shape index (κ2) is 6.56. The normalized spacial score (nSPS) is 11.5. The van der Waals surface area contributed by atoms with Crippen LogP contribution >= 0.6 is 30.5 Å². The lowest BCUT2D eigenvalue weighted by Gasteiger charge is -2.36. The van der Waals surface area contributed by atoms with Gasteiger partial charge in [-0.2, -0.15) is 7.82 Å². The molecule has 0 saturated heterocycles. The molecule has 2 aromatic heterocycles. The van der Waals surface area contributed by atoms with Gasteiger partial charge >= 0.3 is 0 Å². The number of hydrogen-bond acceptors (Lipinski definition) is 9. The highest BCUT2D eigenvalue weighted by Gasteiger charge is 2.11. The summed E-state index contributed by atoms with van der Waals surface area (Å²) < 4.78 is 10.7. The molecule has 0 aliphatic heterocycles. The molecule has 0 amide bonds. The molecule has 4 rings (SSSR count). The summed E-state index contributed by atoms with van der Waals surface area (Å²) in [5.41, 5.74) is 1.90. The summed E-state index contributed by atoms with van der Waals surface area (Å²) in [7, 11) is -5.39. The lowest BCUT2D eigenvalue weighted by atomic mass is 10.3. The van der Waals surface area contributed by atoms with Crippen LogP contribution in [0.4, 0.5) is 0 Å². The third kappa shape index (κ3) is 4.15. The van der Waals surface area contributed by atoms with Gasteiger partial charge in [-0.25, -0.2) is 9.97 Å². The Labute approximate surface area is 143 Å². The summed E-state index contributed by atoms with van der Waals surface area (Å²) in [6.07, 6.45) is 0. The molecular formula is C14H8N2O5PS2-3. The highest BCUT2D eigenvalue weighted by Crippen LogP contribution is 2.35. The molecule has 0 fully saturated rings. The van der Waals surface area contributed by atoms with E-state index in [-0.39, 0.29) is 5.75 Å². The first-order valence-corrected chi connectivity index (χ1v) is 9.57. The molecule has 24 heavy (non-hydrogen) atoms. The number of rotatable bonds is 1. The second-order valence-corrected chi connectivity index (χ2v) is 7.56. The van der Waals surface area contributed by atoms with Crippen molar-refractivity contribution in [2.75, 3.05) is 0 Å². The average Bonchev–Trinajstić information content (AvgIpc) is 3.08. The van der Waals surface area contributed by atoms with E-state index in [1.807, 2.05) is 24.3 Å². The van der Waals surface area contributed by atoms with Crippen molar-refractivity contribution in [1.82, 2.24) is 9.97 Å². The van der Waals surface area contributed by atoms with Crippen molar-refractivity contribution in [3.05, 3.63) is 42.5 Å². The fraction of sp³-hybridized carbons (Fsp3) is 0. The molecule has 10 heteroatoms. The number of nitrogens with zero attached hydrogens (tertiary/aromatic N) is 2. The lowest BCUT2D eigenvalue weighted by Crippen LogP contribution is -2.24. The molecule has 0 spiro atoms. The first-order chi connectivity index (χ1) is 11.3. The summed E-state index contributed by atoms with van der Waals surface area (Å²) in [6, 6.07) is 13.3. The average molecular weight is 379 g/mol. The molecule has 0 saturated carbocycles. The molecule has 2 aromatic carbocycles. The Bertz CT molecular complexity index is 1010. The van der Waals surface area contributed by atoms with Crippen molar-refractivity contribution in [2.24, 2.45) is 0 Å². The van der Waals surface area contributed by atoms with Crippen LogP contribution in [0.3, 0.4) is 0 Å². The van der Waals surface area contributed by atoms with Gasteiger partial charge in [-0.15, -0.1) is 22.7 Å². The minimum atomic E-state index is -5.39. The Hall–Kier alpha value is -1.87. The van der Waals surface area contributed by atoms with Gasteiger partial charge in [0.15, 0.2) is 10.0 Å². The molecule has 0 radical (unpaired) electrons. The molecule has 0 atom stereocenters. The maximum Gasteiger partial charge on any atom is 0.153 e. The summed E-state index contributed by atoms with van der Waals surface area (Å²) in [4.78, 5) is 34.8. The molecule has 0 aliphatic carbocycles. The molecular weight excluding hydrogens is 371 g/mol. The van der Waals surface area contributed by atoms with E-state index >= 15 is 0 Å². The van der Waals surface area contributed by atoms with Crippen LogP contribution < -0.4 is 14.7 Å². The number of phenols is 1. The van der Waals surface area contributed by atoms with Crippen LogP contribution in [0, 0.1) is 0 Å². The van der Waals surface area contributed by atoms with E-state index < -0.39 is 7.82 Å².